The first-order chi connectivity index (χ1) is 6.59. The maximum atomic E-state index is 11.3. The van der Waals surface area contributed by atoms with Gasteiger partial charge in [0.1, 0.15) is 0 Å². The van der Waals surface area contributed by atoms with Crippen LogP contribution in [0.15, 0.2) is 18.2 Å². The topological polar surface area (TPSA) is 63.2 Å². The summed E-state index contributed by atoms with van der Waals surface area (Å²) in [6, 6.07) is 4.22. The molecule has 2 amide bonds. The van der Waals surface area contributed by atoms with E-state index in [2.05, 4.69) is 0 Å². The average Bonchev–Trinajstić information content (AvgIpc) is 2.14. The molecule has 0 aromatic heterocycles. The third-order valence-electron chi connectivity index (χ3n) is 1.90. The van der Waals surface area contributed by atoms with Gasteiger partial charge in [-0.1, -0.05) is 11.6 Å². The third-order valence-corrected chi connectivity index (χ3v) is 2.14. The average molecular weight is 210 g/mol. The fourth-order valence-corrected chi connectivity index (χ4v) is 1.42. The summed E-state index contributed by atoms with van der Waals surface area (Å²) in [5.74, 6) is -2.21. The zero-order valence-corrected chi connectivity index (χ0v) is 7.59. The van der Waals surface area contributed by atoms with Crippen molar-refractivity contribution in [2.75, 3.05) is 0 Å². The van der Waals surface area contributed by atoms with Crippen molar-refractivity contribution in [1.82, 2.24) is 5.32 Å². The number of halogens is 1. The zero-order valence-electron chi connectivity index (χ0n) is 6.83. The molecule has 0 bridgehead atoms. The predicted octanol–water partition coefficient (Wildman–Crippen LogP) is 0.793. The van der Waals surface area contributed by atoms with Crippen molar-refractivity contribution < 1.29 is 14.4 Å². The molecule has 0 atom stereocenters. The first-order valence-corrected chi connectivity index (χ1v) is 4.17. The van der Waals surface area contributed by atoms with Gasteiger partial charge in [-0.3, -0.25) is 19.7 Å². The van der Waals surface area contributed by atoms with E-state index < -0.39 is 17.6 Å². The number of fused-ring (bicyclic) bond motifs is 1. The number of nitrogens with one attached hydrogen (secondary N) is 1. The first-order valence-electron chi connectivity index (χ1n) is 3.79. The molecule has 1 aliphatic heterocycles. The third kappa shape index (κ3) is 1.20. The lowest BCUT2D eigenvalue weighted by Gasteiger charge is -2.13. The van der Waals surface area contributed by atoms with Crippen molar-refractivity contribution in [3.05, 3.63) is 34.3 Å². The number of carbonyl (C=O) groups excluding carboxylic acids is 3. The second kappa shape index (κ2) is 2.92. The van der Waals surface area contributed by atoms with E-state index in [1.54, 1.807) is 0 Å². The minimum absolute atomic E-state index is 0.0613. The Morgan fingerprint density at radius 1 is 1.00 bits per heavy atom. The van der Waals surface area contributed by atoms with Crippen LogP contribution in [0.5, 0.6) is 0 Å². The number of carbonyl (C=O) groups is 3. The van der Waals surface area contributed by atoms with E-state index in [1.165, 1.54) is 18.2 Å². The van der Waals surface area contributed by atoms with Crippen molar-refractivity contribution in [2.24, 2.45) is 0 Å². The van der Waals surface area contributed by atoms with Crippen LogP contribution in [0.1, 0.15) is 20.7 Å². The van der Waals surface area contributed by atoms with Crippen LogP contribution < -0.4 is 5.32 Å². The highest BCUT2D eigenvalue weighted by Gasteiger charge is 2.30. The number of hydrogen-bond acceptors (Lipinski definition) is 3. The standard InChI is InChI=1S/C9H4ClNO3/c10-4-1-2-5-6(3-4)7(12)9(14)11-8(5)13/h1-3H,(H,11,13,14). The van der Waals surface area contributed by atoms with Crippen molar-refractivity contribution in [3.8, 4) is 0 Å². The lowest BCUT2D eigenvalue weighted by Crippen LogP contribution is -2.41. The minimum atomic E-state index is -0.912. The number of hydrogen-bond donors (Lipinski definition) is 1. The van der Waals surface area contributed by atoms with Gasteiger partial charge in [0.2, 0.25) is 0 Å². The molecule has 0 spiro atoms. The Bertz CT molecular complexity index is 467. The maximum absolute atomic E-state index is 11.3. The van der Waals surface area contributed by atoms with Crippen LogP contribution in [-0.2, 0) is 4.79 Å². The van der Waals surface area contributed by atoms with Gasteiger partial charge in [0.25, 0.3) is 17.6 Å². The molecule has 5 heteroatoms. The fourth-order valence-electron chi connectivity index (χ4n) is 1.25. The number of benzene rings is 1. The van der Waals surface area contributed by atoms with Crippen molar-refractivity contribution in [2.45, 2.75) is 0 Å². The van der Waals surface area contributed by atoms with Gasteiger partial charge in [-0.05, 0) is 18.2 Å². The molecule has 4 nitrogen and oxygen atoms in total. The van der Waals surface area contributed by atoms with Crippen molar-refractivity contribution in [1.29, 1.82) is 0 Å². The molecule has 1 aliphatic rings. The summed E-state index contributed by atoms with van der Waals surface area (Å²) in [5.41, 5.74) is 0.241. The van der Waals surface area contributed by atoms with Crippen molar-refractivity contribution >= 4 is 29.2 Å². The van der Waals surface area contributed by atoms with Crippen molar-refractivity contribution in [3.63, 3.8) is 0 Å². The molecule has 0 fully saturated rings. The molecule has 2 rings (SSSR count). The molecule has 1 aromatic rings. The highest BCUT2D eigenvalue weighted by molar-refractivity contribution is 6.49. The molecule has 0 aliphatic carbocycles. The molecule has 1 N–H and O–H groups in total. The molecule has 1 aromatic carbocycles. The van der Waals surface area contributed by atoms with Gasteiger partial charge in [0, 0.05) is 10.6 Å². The molecule has 70 valence electrons. The summed E-state index contributed by atoms with van der Waals surface area (Å²) in [6.07, 6.45) is 0. The monoisotopic (exact) mass is 209 g/mol. The Labute approximate surface area is 83.9 Å². The summed E-state index contributed by atoms with van der Waals surface area (Å²) in [7, 11) is 0. The van der Waals surface area contributed by atoms with E-state index >= 15 is 0 Å². The van der Waals surface area contributed by atoms with E-state index in [0.29, 0.717) is 5.02 Å². The summed E-state index contributed by atoms with van der Waals surface area (Å²) in [5, 5.41) is 2.25. The fraction of sp³-hybridized carbons (Fsp3) is 0. The van der Waals surface area contributed by atoms with Gasteiger partial charge < -0.3 is 0 Å². The van der Waals surface area contributed by atoms with Crippen LogP contribution in [0.25, 0.3) is 0 Å². The van der Waals surface area contributed by atoms with Crippen LogP contribution in [-0.4, -0.2) is 17.6 Å². The van der Waals surface area contributed by atoms with Gasteiger partial charge in [-0.25, -0.2) is 0 Å². The van der Waals surface area contributed by atoms with Crippen LogP contribution in [0.4, 0.5) is 0 Å². The smallest absolute Gasteiger partial charge is 0.285 e. The zero-order chi connectivity index (χ0) is 10.3. The molecule has 1 heterocycles. The number of ketones is 1. The quantitative estimate of drug-likeness (QED) is 0.508. The molecule has 0 saturated heterocycles. The Hall–Kier alpha value is -1.68. The Kier molecular flexibility index (Phi) is 1.86. The van der Waals surface area contributed by atoms with Gasteiger partial charge in [-0.15, -0.1) is 0 Å². The second-order valence-electron chi connectivity index (χ2n) is 2.80. The largest absolute Gasteiger partial charge is 0.299 e. The summed E-state index contributed by atoms with van der Waals surface area (Å²) in [4.78, 5) is 33.5. The molecular weight excluding hydrogens is 206 g/mol. The molecular formula is C9H4ClNO3. The Morgan fingerprint density at radius 2 is 1.71 bits per heavy atom. The maximum Gasteiger partial charge on any atom is 0.299 e. The second-order valence-corrected chi connectivity index (χ2v) is 3.24. The number of Topliss-reactive ketones (excluding diaryl/α,β-unsaturated/α-hetero) is 1. The minimum Gasteiger partial charge on any atom is -0.285 e. The summed E-state index contributed by atoms with van der Waals surface area (Å²) >= 11 is 5.64. The van der Waals surface area contributed by atoms with Crippen LogP contribution >= 0.6 is 11.6 Å². The number of imide groups is 1. The molecule has 0 radical (unpaired) electrons. The summed E-state index contributed by atoms with van der Waals surface area (Å²) < 4.78 is 0. The summed E-state index contributed by atoms with van der Waals surface area (Å²) in [6.45, 7) is 0. The van der Waals surface area contributed by atoms with Crippen LogP contribution in [0, 0.1) is 0 Å². The van der Waals surface area contributed by atoms with Gasteiger partial charge in [0.05, 0.1) is 5.56 Å². The molecule has 0 unspecified atom stereocenters. The van der Waals surface area contributed by atoms with E-state index in [0.717, 1.165) is 0 Å². The van der Waals surface area contributed by atoms with E-state index in [9.17, 15) is 14.4 Å². The Morgan fingerprint density at radius 3 is 2.43 bits per heavy atom. The first kappa shape index (κ1) is 8.90. The number of amides is 2. The molecule has 14 heavy (non-hydrogen) atoms. The number of rotatable bonds is 0. The van der Waals surface area contributed by atoms with Gasteiger partial charge in [0.15, 0.2) is 0 Å². The van der Waals surface area contributed by atoms with Gasteiger partial charge >= 0.3 is 0 Å². The predicted molar refractivity (Wildman–Crippen MR) is 48.3 cm³/mol. The SMILES string of the molecule is O=C1NC(=O)c2ccc(Cl)cc2C1=O. The normalized spacial score (nSPS) is 15.1. The molecule has 0 saturated carbocycles. The van der Waals surface area contributed by atoms with Gasteiger partial charge in [-0.2, -0.15) is 0 Å². The van der Waals surface area contributed by atoms with E-state index in [1.807, 2.05) is 5.32 Å². The Balaban J connectivity index is 2.68. The van der Waals surface area contributed by atoms with E-state index in [4.69, 9.17) is 11.6 Å². The lowest BCUT2D eigenvalue weighted by atomic mass is 9.99. The highest BCUT2D eigenvalue weighted by atomic mass is 35.5. The lowest BCUT2D eigenvalue weighted by molar-refractivity contribution is -0.116. The van der Waals surface area contributed by atoms with Crippen LogP contribution in [0.3, 0.4) is 0 Å². The van der Waals surface area contributed by atoms with Crippen LogP contribution in [0.2, 0.25) is 5.02 Å². The highest BCUT2D eigenvalue weighted by Crippen LogP contribution is 2.19. The van der Waals surface area contributed by atoms with E-state index in [-0.39, 0.29) is 11.1 Å².